The summed E-state index contributed by atoms with van der Waals surface area (Å²) in [5.74, 6) is 0. The molecule has 5 nitrogen and oxygen atoms in total. The quantitative estimate of drug-likeness (QED) is 0.758. The van der Waals surface area contributed by atoms with E-state index in [9.17, 15) is 0 Å². The first kappa shape index (κ1) is 10.2. The molecule has 5 heteroatoms. The smallest absolute Gasteiger partial charge is 0.0981 e. The lowest BCUT2D eigenvalue weighted by molar-refractivity contribution is -0.0818. The summed E-state index contributed by atoms with van der Waals surface area (Å²) in [5.41, 5.74) is 7.27. The number of ether oxygens (including phenoxy) is 2. The van der Waals surface area contributed by atoms with Crippen LogP contribution in [0.4, 0.5) is 11.4 Å². The van der Waals surface area contributed by atoms with E-state index in [1.165, 1.54) is 0 Å². The van der Waals surface area contributed by atoms with Gasteiger partial charge in [0.25, 0.3) is 0 Å². The van der Waals surface area contributed by atoms with E-state index in [0.29, 0.717) is 32.1 Å². The molecule has 82 valence electrons. The van der Waals surface area contributed by atoms with E-state index in [1.807, 2.05) is 6.07 Å². The highest BCUT2D eigenvalue weighted by Crippen LogP contribution is 2.15. The van der Waals surface area contributed by atoms with Crippen molar-refractivity contribution in [3.8, 4) is 0 Å². The zero-order chi connectivity index (χ0) is 10.5. The van der Waals surface area contributed by atoms with Crippen molar-refractivity contribution in [1.29, 1.82) is 0 Å². The number of hydrogen-bond donors (Lipinski definition) is 2. The molecule has 1 aromatic rings. The van der Waals surface area contributed by atoms with Crippen LogP contribution in [0.25, 0.3) is 0 Å². The molecule has 0 aromatic carbocycles. The van der Waals surface area contributed by atoms with E-state index in [-0.39, 0.29) is 6.10 Å². The first-order chi connectivity index (χ1) is 7.36. The summed E-state index contributed by atoms with van der Waals surface area (Å²) in [6, 6.07) is 1.85. The Hall–Kier alpha value is -1.33. The minimum atomic E-state index is 0.103. The molecule has 0 saturated carbocycles. The van der Waals surface area contributed by atoms with Crippen LogP contribution in [0.2, 0.25) is 0 Å². The minimum absolute atomic E-state index is 0.103. The average molecular weight is 209 g/mol. The van der Waals surface area contributed by atoms with Crippen LogP contribution in [0.5, 0.6) is 0 Å². The zero-order valence-electron chi connectivity index (χ0n) is 8.48. The summed E-state index contributed by atoms with van der Waals surface area (Å²) in [5, 5.41) is 3.21. The number of hydrogen-bond acceptors (Lipinski definition) is 5. The fraction of sp³-hybridized carbons (Fsp3) is 0.500. The van der Waals surface area contributed by atoms with E-state index in [0.717, 1.165) is 5.69 Å². The van der Waals surface area contributed by atoms with E-state index in [2.05, 4.69) is 10.3 Å². The third-order valence-corrected chi connectivity index (χ3v) is 2.26. The molecule has 1 atom stereocenters. The van der Waals surface area contributed by atoms with Crippen LogP contribution >= 0.6 is 0 Å². The van der Waals surface area contributed by atoms with Crippen LogP contribution in [0, 0.1) is 0 Å². The van der Waals surface area contributed by atoms with Crippen LogP contribution in [0.1, 0.15) is 0 Å². The Morgan fingerprint density at radius 2 is 2.47 bits per heavy atom. The summed E-state index contributed by atoms with van der Waals surface area (Å²) in [4.78, 5) is 3.92. The Kier molecular flexibility index (Phi) is 3.37. The predicted octanol–water partition coefficient (Wildman–Crippen LogP) is 0.491. The molecule has 1 saturated heterocycles. The lowest BCUT2D eigenvalue weighted by atomic mass is 10.3. The molecule has 0 radical (unpaired) electrons. The first-order valence-corrected chi connectivity index (χ1v) is 4.99. The molecule has 0 aliphatic carbocycles. The SMILES string of the molecule is Nc1cnccc1NCC1COCCO1. The van der Waals surface area contributed by atoms with Gasteiger partial charge in [0.1, 0.15) is 0 Å². The van der Waals surface area contributed by atoms with E-state index in [4.69, 9.17) is 15.2 Å². The summed E-state index contributed by atoms with van der Waals surface area (Å²) >= 11 is 0. The summed E-state index contributed by atoms with van der Waals surface area (Å²) in [6.07, 6.45) is 3.43. The Balaban J connectivity index is 1.84. The lowest BCUT2D eigenvalue weighted by Gasteiger charge is -2.23. The number of nitrogens with two attached hydrogens (primary N) is 1. The number of anilines is 2. The molecule has 1 unspecified atom stereocenters. The highest BCUT2D eigenvalue weighted by atomic mass is 16.6. The molecule has 15 heavy (non-hydrogen) atoms. The second-order valence-corrected chi connectivity index (χ2v) is 3.41. The van der Waals surface area contributed by atoms with Crippen molar-refractivity contribution >= 4 is 11.4 Å². The van der Waals surface area contributed by atoms with Crippen molar-refractivity contribution in [3.05, 3.63) is 18.5 Å². The van der Waals surface area contributed by atoms with Gasteiger partial charge >= 0.3 is 0 Å². The predicted molar refractivity (Wildman–Crippen MR) is 57.7 cm³/mol. The molecular weight excluding hydrogens is 194 g/mol. The molecule has 0 bridgehead atoms. The Labute approximate surface area is 88.6 Å². The number of nitrogens with one attached hydrogen (secondary N) is 1. The fourth-order valence-corrected chi connectivity index (χ4v) is 1.45. The molecular formula is C10H15N3O2. The average Bonchev–Trinajstić information content (AvgIpc) is 2.29. The summed E-state index contributed by atoms with van der Waals surface area (Å²) in [7, 11) is 0. The van der Waals surface area contributed by atoms with Crippen LogP contribution in [-0.2, 0) is 9.47 Å². The highest BCUT2D eigenvalue weighted by Gasteiger charge is 2.13. The van der Waals surface area contributed by atoms with Gasteiger partial charge in [-0.3, -0.25) is 4.98 Å². The lowest BCUT2D eigenvalue weighted by Crippen LogP contribution is -2.34. The van der Waals surface area contributed by atoms with Crippen molar-refractivity contribution in [3.63, 3.8) is 0 Å². The zero-order valence-corrected chi connectivity index (χ0v) is 8.48. The second-order valence-electron chi connectivity index (χ2n) is 3.41. The number of pyridine rings is 1. The van der Waals surface area contributed by atoms with Gasteiger partial charge in [-0.05, 0) is 6.07 Å². The standard InChI is InChI=1S/C10H15N3O2/c11-9-6-12-2-1-10(9)13-5-8-7-14-3-4-15-8/h1-2,6,8H,3-5,7,11H2,(H,12,13). The Bertz CT molecular complexity index is 313. The van der Waals surface area contributed by atoms with Crippen molar-refractivity contribution in [1.82, 2.24) is 4.98 Å². The van der Waals surface area contributed by atoms with Crippen LogP contribution in [0.15, 0.2) is 18.5 Å². The van der Waals surface area contributed by atoms with Crippen LogP contribution < -0.4 is 11.1 Å². The van der Waals surface area contributed by atoms with Gasteiger partial charge in [-0.1, -0.05) is 0 Å². The number of nitrogens with zero attached hydrogens (tertiary/aromatic N) is 1. The number of nitrogen functional groups attached to an aromatic ring is 1. The van der Waals surface area contributed by atoms with E-state index < -0.39 is 0 Å². The van der Waals surface area contributed by atoms with E-state index >= 15 is 0 Å². The minimum Gasteiger partial charge on any atom is -0.396 e. The molecule has 0 spiro atoms. The monoisotopic (exact) mass is 209 g/mol. The third kappa shape index (κ3) is 2.81. The fourth-order valence-electron chi connectivity index (χ4n) is 1.45. The first-order valence-electron chi connectivity index (χ1n) is 4.99. The normalized spacial score (nSPS) is 21.2. The molecule has 1 fully saturated rings. The molecule has 2 rings (SSSR count). The number of aromatic nitrogens is 1. The molecule has 1 aliphatic rings. The van der Waals surface area contributed by atoms with Crippen molar-refractivity contribution < 1.29 is 9.47 Å². The van der Waals surface area contributed by atoms with E-state index in [1.54, 1.807) is 12.4 Å². The molecule has 3 N–H and O–H groups in total. The molecule has 1 aromatic heterocycles. The molecule has 0 amide bonds. The van der Waals surface area contributed by atoms with Gasteiger partial charge in [0.05, 0.1) is 43.5 Å². The van der Waals surface area contributed by atoms with Crippen molar-refractivity contribution in [2.45, 2.75) is 6.10 Å². The maximum absolute atomic E-state index is 5.74. The van der Waals surface area contributed by atoms with Crippen molar-refractivity contribution in [2.24, 2.45) is 0 Å². The molecule has 2 heterocycles. The van der Waals surface area contributed by atoms with Gasteiger partial charge in [-0.2, -0.15) is 0 Å². The maximum atomic E-state index is 5.74. The van der Waals surface area contributed by atoms with Gasteiger partial charge in [-0.25, -0.2) is 0 Å². The highest BCUT2D eigenvalue weighted by molar-refractivity contribution is 5.64. The van der Waals surface area contributed by atoms with Crippen LogP contribution in [0.3, 0.4) is 0 Å². The van der Waals surface area contributed by atoms with Gasteiger partial charge in [0.15, 0.2) is 0 Å². The van der Waals surface area contributed by atoms with Gasteiger partial charge in [0.2, 0.25) is 0 Å². The summed E-state index contributed by atoms with van der Waals surface area (Å²) in [6.45, 7) is 2.69. The van der Waals surface area contributed by atoms with Gasteiger partial charge in [-0.15, -0.1) is 0 Å². The van der Waals surface area contributed by atoms with Gasteiger partial charge < -0.3 is 20.5 Å². The molecule has 1 aliphatic heterocycles. The maximum Gasteiger partial charge on any atom is 0.0981 e. The summed E-state index contributed by atoms with van der Waals surface area (Å²) < 4.78 is 10.8. The Morgan fingerprint density at radius 3 is 3.20 bits per heavy atom. The largest absolute Gasteiger partial charge is 0.396 e. The van der Waals surface area contributed by atoms with Gasteiger partial charge in [0, 0.05) is 12.7 Å². The van der Waals surface area contributed by atoms with Crippen LogP contribution in [-0.4, -0.2) is 37.5 Å². The number of rotatable bonds is 3. The Morgan fingerprint density at radius 1 is 1.53 bits per heavy atom. The third-order valence-electron chi connectivity index (χ3n) is 2.26. The van der Waals surface area contributed by atoms with Crippen molar-refractivity contribution in [2.75, 3.05) is 37.4 Å². The topological polar surface area (TPSA) is 69.4 Å². The second kappa shape index (κ2) is 4.95.